The molecule has 0 radical (unpaired) electrons. The summed E-state index contributed by atoms with van der Waals surface area (Å²) in [7, 11) is 0. The van der Waals surface area contributed by atoms with Crippen molar-refractivity contribution < 1.29 is 17.9 Å². The molecule has 0 aliphatic heterocycles. The zero-order chi connectivity index (χ0) is 12.0. The molecule has 0 bridgehead atoms. The number of nitrogens with two attached hydrogens (primary N) is 1. The van der Waals surface area contributed by atoms with Gasteiger partial charge in [0.25, 0.3) is 0 Å². The standard InChI is InChI=1S/C10H12F3NOS/c11-10(12,13)6-15-7-16-9-3-1-8(5-14)2-4-9/h1-4H,5-7,14H2. The van der Waals surface area contributed by atoms with Gasteiger partial charge in [-0.15, -0.1) is 0 Å². The van der Waals surface area contributed by atoms with Crippen LogP contribution in [0.25, 0.3) is 0 Å². The fourth-order valence-electron chi connectivity index (χ4n) is 0.989. The molecule has 2 nitrogen and oxygen atoms in total. The van der Waals surface area contributed by atoms with E-state index in [0.29, 0.717) is 6.54 Å². The number of thioether (sulfide) groups is 1. The van der Waals surface area contributed by atoms with Crippen LogP contribution >= 0.6 is 11.8 Å². The van der Waals surface area contributed by atoms with Crippen molar-refractivity contribution in [3.63, 3.8) is 0 Å². The van der Waals surface area contributed by atoms with Gasteiger partial charge >= 0.3 is 6.18 Å². The third-order valence-electron chi connectivity index (χ3n) is 1.73. The molecule has 0 heterocycles. The van der Waals surface area contributed by atoms with Crippen LogP contribution in [0.5, 0.6) is 0 Å². The predicted octanol–water partition coefficient (Wildman–Crippen LogP) is 2.77. The average Bonchev–Trinajstić information content (AvgIpc) is 2.24. The summed E-state index contributed by atoms with van der Waals surface area (Å²) in [5.74, 6) is -0.0124. The SMILES string of the molecule is NCc1ccc(SCOCC(F)(F)F)cc1. The fraction of sp³-hybridized carbons (Fsp3) is 0.400. The van der Waals surface area contributed by atoms with E-state index < -0.39 is 12.8 Å². The first-order chi connectivity index (χ1) is 7.51. The quantitative estimate of drug-likeness (QED) is 0.496. The normalized spacial score (nSPS) is 11.8. The number of benzene rings is 1. The summed E-state index contributed by atoms with van der Waals surface area (Å²) < 4.78 is 39.7. The molecule has 1 aromatic carbocycles. The maximum absolute atomic E-state index is 11.7. The Labute approximate surface area is 96.0 Å². The molecule has 16 heavy (non-hydrogen) atoms. The molecule has 2 N–H and O–H groups in total. The summed E-state index contributed by atoms with van der Waals surface area (Å²) >= 11 is 1.22. The van der Waals surface area contributed by atoms with Crippen LogP contribution in [-0.2, 0) is 11.3 Å². The van der Waals surface area contributed by atoms with Crippen molar-refractivity contribution in [2.24, 2.45) is 5.73 Å². The second kappa shape index (κ2) is 6.12. The van der Waals surface area contributed by atoms with E-state index in [1.54, 1.807) is 0 Å². The molecule has 0 aliphatic rings. The molecule has 0 amide bonds. The van der Waals surface area contributed by atoms with Gasteiger partial charge in [0, 0.05) is 11.4 Å². The number of alkyl halides is 3. The Hall–Kier alpha value is -0.720. The number of hydrogen-bond acceptors (Lipinski definition) is 3. The van der Waals surface area contributed by atoms with Crippen molar-refractivity contribution in [1.29, 1.82) is 0 Å². The van der Waals surface area contributed by atoms with Crippen molar-refractivity contribution in [2.75, 3.05) is 12.5 Å². The van der Waals surface area contributed by atoms with Crippen molar-refractivity contribution in [3.8, 4) is 0 Å². The van der Waals surface area contributed by atoms with Gasteiger partial charge in [-0.3, -0.25) is 0 Å². The largest absolute Gasteiger partial charge is 0.411 e. The monoisotopic (exact) mass is 251 g/mol. The fourth-order valence-corrected chi connectivity index (χ4v) is 1.62. The molecule has 0 saturated heterocycles. The van der Waals surface area contributed by atoms with E-state index in [4.69, 9.17) is 5.73 Å². The summed E-state index contributed by atoms with van der Waals surface area (Å²) in [4.78, 5) is 0.861. The van der Waals surface area contributed by atoms with Crippen LogP contribution in [0.3, 0.4) is 0 Å². The van der Waals surface area contributed by atoms with Crippen molar-refractivity contribution in [1.82, 2.24) is 0 Å². The van der Waals surface area contributed by atoms with Gasteiger partial charge in [0.05, 0.1) is 5.94 Å². The highest BCUT2D eigenvalue weighted by Crippen LogP contribution is 2.20. The van der Waals surface area contributed by atoms with Crippen molar-refractivity contribution in [2.45, 2.75) is 17.6 Å². The lowest BCUT2D eigenvalue weighted by Crippen LogP contribution is -2.16. The molecule has 0 aliphatic carbocycles. The summed E-state index contributed by atoms with van der Waals surface area (Å²) in [6.45, 7) is -0.754. The van der Waals surface area contributed by atoms with Gasteiger partial charge in [-0.2, -0.15) is 13.2 Å². The Morgan fingerprint density at radius 3 is 2.31 bits per heavy atom. The molecule has 0 aromatic heterocycles. The van der Waals surface area contributed by atoms with E-state index in [0.717, 1.165) is 10.5 Å². The molecule has 1 rings (SSSR count). The van der Waals surface area contributed by atoms with Crippen LogP contribution in [0.2, 0.25) is 0 Å². The van der Waals surface area contributed by atoms with Crippen LogP contribution in [0.4, 0.5) is 13.2 Å². The van der Waals surface area contributed by atoms with E-state index in [2.05, 4.69) is 4.74 Å². The first-order valence-corrected chi connectivity index (χ1v) is 5.56. The van der Waals surface area contributed by atoms with E-state index in [1.165, 1.54) is 11.8 Å². The van der Waals surface area contributed by atoms with Crippen LogP contribution in [0, 0.1) is 0 Å². The molecule has 0 atom stereocenters. The number of ether oxygens (including phenoxy) is 1. The molecular formula is C10H12F3NOS. The summed E-state index contributed by atoms with van der Waals surface area (Å²) in [5.41, 5.74) is 6.40. The molecule has 6 heteroatoms. The minimum Gasteiger partial charge on any atom is -0.361 e. The number of hydrogen-bond donors (Lipinski definition) is 1. The predicted molar refractivity (Wildman–Crippen MR) is 57.1 cm³/mol. The summed E-state index contributed by atoms with van der Waals surface area (Å²) in [5, 5.41) is 0. The van der Waals surface area contributed by atoms with E-state index in [-0.39, 0.29) is 5.94 Å². The molecule has 0 spiro atoms. The van der Waals surface area contributed by atoms with Gasteiger partial charge in [0.2, 0.25) is 0 Å². The van der Waals surface area contributed by atoms with Gasteiger partial charge in [0.15, 0.2) is 0 Å². The Morgan fingerprint density at radius 2 is 1.81 bits per heavy atom. The number of rotatable bonds is 5. The van der Waals surface area contributed by atoms with Gasteiger partial charge in [-0.05, 0) is 17.7 Å². The van der Waals surface area contributed by atoms with Gasteiger partial charge < -0.3 is 10.5 Å². The van der Waals surface area contributed by atoms with Crippen molar-refractivity contribution >= 4 is 11.8 Å². The van der Waals surface area contributed by atoms with Gasteiger partial charge in [0.1, 0.15) is 6.61 Å². The first kappa shape index (κ1) is 13.3. The zero-order valence-corrected chi connectivity index (χ0v) is 9.27. The van der Waals surface area contributed by atoms with Gasteiger partial charge in [-0.1, -0.05) is 23.9 Å². The third-order valence-corrected chi connectivity index (χ3v) is 2.62. The van der Waals surface area contributed by atoms with Crippen LogP contribution < -0.4 is 5.73 Å². The van der Waals surface area contributed by atoms with E-state index in [9.17, 15) is 13.2 Å². The lowest BCUT2D eigenvalue weighted by molar-refractivity contribution is -0.168. The lowest BCUT2D eigenvalue weighted by Gasteiger charge is -2.07. The average molecular weight is 251 g/mol. The highest BCUT2D eigenvalue weighted by molar-refractivity contribution is 7.99. The Morgan fingerprint density at radius 1 is 1.19 bits per heavy atom. The molecule has 1 aromatic rings. The lowest BCUT2D eigenvalue weighted by atomic mass is 10.2. The molecule has 90 valence electrons. The summed E-state index contributed by atoms with van der Waals surface area (Å²) in [6.07, 6.45) is -4.26. The zero-order valence-electron chi connectivity index (χ0n) is 8.46. The second-order valence-electron chi connectivity index (χ2n) is 3.07. The Kier molecular flexibility index (Phi) is 5.11. The Balaban J connectivity index is 2.27. The third kappa shape index (κ3) is 5.39. The van der Waals surface area contributed by atoms with Crippen LogP contribution in [-0.4, -0.2) is 18.7 Å². The minimum absolute atomic E-state index is 0.0124. The summed E-state index contributed by atoms with van der Waals surface area (Å²) in [6, 6.07) is 7.30. The number of halogens is 3. The maximum Gasteiger partial charge on any atom is 0.411 e. The van der Waals surface area contributed by atoms with E-state index in [1.807, 2.05) is 24.3 Å². The molecule has 0 saturated carbocycles. The highest BCUT2D eigenvalue weighted by atomic mass is 32.2. The Bertz CT molecular complexity index is 313. The molecule has 0 unspecified atom stereocenters. The van der Waals surface area contributed by atoms with Crippen LogP contribution in [0.1, 0.15) is 5.56 Å². The molecule has 0 fully saturated rings. The topological polar surface area (TPSA) is 35.2 Å². The van der Waals surface area contributed by atoms with Gasteiger partial charge in [-0.25, -0.2) is 0 Å². The smallest absolute Gasteiger partial charge is 0.361 e. The first-order valence-electron chi connectivity index (χ1n) is 4.57. The molecular weight excluding hydrogens is 239 g/mol. The second-order valence-corrected chi connectivity index (χ2v) is 4.07. The highest BCUT2D eigenvalue weighted by Gasteiger charge is 2.27. The van der Waals surface area contributed by atoms with Crippen LogP contribution in [0.15, 0.2) is 29.2 Å². The maximum atomic E-state index is 11.7. The van der Waals surface area contributed by atoms with Crippen molar-refractivity contribution in [3.05, 3.63) is 29.8 Å². The van der Waals surface area contributed by atoms with E-state index >= 15 is 0 Å². The minimum atomic E-state index is -4.26.